The second kappa shape index (κ2) is 7.55. The molecule has 1 aliphatic carbocycles. The number of furan rings is 1. The maximum absolute atomic E-state index is 12.2. The van der Waals surface area contributed by atoms with Gasteiger partial charge in [-0.05, 0) is 43.2 Å². The number of hydrogen-bond donors (Lipinski definition) is 1. The molecule has 1 aromatic carbocycles. The number of carbonyl (C=O) groups excluding carboxylic acids is 1. The third kappa shape index (κ3) is 4.52. The Morgan fingerprint density at radius 1 is 1.22 bits per heavy atom. The molecule has 0 bridgehead atoms. The maximum Gasteiger partial charge on any atom is 0.287 e. The second-order valence-electron chi connectivity index (χ2n) is 5.82. The van der Waals surface area contributed by atoms with Crippen molar-refractivity contribution >= 4 is 17.5 Å². The number of benzene rings is 1. The van der Waals surface area contributed by atoms with E-state index in [2.05, 4.69) is 5.32 Å². The monoisotopic (exact) mass is 333 g/mol. The fourth-order valence-corrected chi connectivity index (χ4v) is 2.97. The lowest BCUT2D eigenvalue weighted by Crippen LogP contribution is -2.35. The molecule has 1 heterocycles. The molecule has 5 heteroatoms. The Bertz CT molecular complexity index is 662. The van der Waals surface area contributed by atoms with Crippen LogP contribution in [0.3, 0.4) is 0 Å². The Morgan fingerprint density at radius 3 is 2.83 bits per heavy atom. The minimum Gasteiger partial charge on any atom is -0.486 e. The molecule has 122 valence electrons. The van der Waals surface area contributed by atoms with Crippen molar-refractivity contribution < 1.29 is 13.9 Å². The molecule has 0 saturated heterocycles. The minimum absolute atomic E-state index is 0.147. The van der Waals surface area contributed by atoms with Gasteiger partial charge in [0.1, 0.15) is 18.1 Å². The first-order chi connectivity index (χ1) is 11.2. The third-order valence-corrected chi connectivity index (χ3v) is 4.24. The fraction of sp³-hybridized carbons (Fsp3) is 0.389. The number of rotatable bonds is 5. The highest BCUT2D eigenvalue weighted by atomic mass is 35.5. The highest BCUT2D eigenvalue weighted by Gasteiger charge is 2.18. The number of hydrogen-bond acceptors (Lipinski definition) is 3. The first-order valence-corrected chi connectivity index (χ1v) is 8.36. The molecule has 3 rings (SSSR count). The van der Waals surface area contributed by atoms with Gasteiger partial charge in [-0.25, -0.2) is 0 Å². The van der Waals surface area contributed by atoms with Crippen molar-refractivity contribution in [1.82, 2.24) is 5.32 Å². The van der Waals surface area contributed by atoms with Gasteiger partial charge in [-0.15, -0.1) is 0 Å². The Hall–Kier alpha value is -1.94. The topological polar surface area (TPSA) is 51.5 Å². The number of amides is 1. The molecule has 1 aromatic heterocycles. The lowest BCUT2D eigenvalue weighted by atomic mass is 9.95. The zero-order valence-electron chi connectivity index (χ0n) is 12.9. The van der Waals surface area contributed by atoms with Gasteiger partial charge in [-0.3, -0.25) is 4.79 Å². The summed E-state index contributed by atoms with van der Waals surface area (Å²) in [6.07, 6.45) is 5.73. The predicted molar refractivity (Wildman–Crippen MR) is 88.8 cm³/mol. The van der Waals surface area contributed by atoms with Crippen LogP contribution < -0.4 is 10.1 Å². The zero-order valence-corrected chi connectivity index (χ0v) is 13.6. The Labute approximate surface area is 140 Å². The second-order valence-corrected chi connectivity index (χ2v) is 6.26. The molecule has 0 aliphatic heterocycles. The van der Waals surface area contributed by atoms with Gasteiger partial charge in [-0.2, -0.15) is 0 Å². The van der Waals surface area contributed by atoms with Gasteiger partial charge in [0.05, 0.1) is 0 Å². The van der Waals surface area contributed by atoms with Crippen LogP contribution in [0.5, 0.6) is 5.75 Å². The molecule has 2 aromatic rings. The van der Waals surface area contributed by atoms with Crippen LogP contribution >= 0.6 is 11.6 Å². The number of ether oxygens (including phenoxy) is 1. The van der Waals surface area contributed by atoms with Crippen LogP contribution in [0.2, 0.25) is 5.02 Å². The van der Waals surface area contributed by atoms with Gasteiger partial charge in [0.25, 0.3) is 5.91 Å². The number of nitrogens with one attached hydrogen (secondary N) is 1. The Kier molecular flexibility index (Phi) is 5.23. The molecule has 0 unspecified atom stereocenters. The van der Waals surface area contributed by atoms with Crippen LogP contribution in [-0.4, -0.2) is 11.9 Å². The maximum atomic E-state index is 12.2. The van der Waals surface area contributed by atoms with Crippen molar-refractivity contribution in [2.24, 2.45) is 0 Å². The van der Waals surface area contributed by atoms with Crippen molar-refractivity contribution in [3.8, 4) is 5.75 Å². The standard InChI is InChI=1S/C18H20ClNO3/c19-13-5-4-8-15(11-13)22-12-16-9-10-17(23-16)18(21)20-14-6-2-1-3-7-14/h4-5,8-11,14H,1-3,6-7,12H2,(H,20,21). The minimum atomic E-state index is -0.147. The van der Waals surface area contributed by atoms with Crippen molar-refractivity contribution in [1.29, 1.82) is 0 Å². The molecule has 0 atom stereocenters. The number of halogens is 1. The van der Waals surface area contributed by atoms with Crippen molar-refractivity contribution in [2.75, 3.05) is 0 Å². The molecule has 1 aliphatic rings. The van der Waals surface area contributed by atoms with Gasteiger partial charge in [-0.1, -0.05) is 36.9 Å². The van der Waals surface area contributed by atoms with E-state index in [0.29, 0.717) is 22.3 Å². The molecular formula is C18H20ClNO3. The average Bonchev–Trinajstić information content (AvgIpc) is 3.03. The summed E-state index contributed by atoms with van der Waals surface area (Å²) in [5.74, 6) is 1.46. The van der Waals surface area contributed by atoms with E-state index in [1.54, 1.807) is 24.3 Å². The quantitative estimate of drug-likeness (QED) is 0.871. The molecule has 0 radical (unpaired) electrons. The normalized spacial score (nSPS) is 15.3. The van der Waals surface area contributed by atoms with Crippen molar-refractivity contribution in [3.63, 3.8) is 0 Å². The van der Waals surface area contributed by atoms with Crippen molar-refractivity contribution in [3.05, 3.63) is 52.9 Å². The smallest absolute Gasteiger partial charge is 0.287 e. The van der Waals surface area contributed by atoms with Gasteiger partial charge >= 0.3 is 0 Å². The van der Waals surface area contributed by atoms with E-state index in [1.807, 2.05) is 12.1 Å². The van der Waals surface area contributed by atoms with E-state index in [1.165, 1.54) is 19.3 Å². The highest BCUT2D eigenvalue weighted by molar-refractivity contribution is 6.30. The zero-order chi connectivity index (χ0) is 16.1. The molecular weight excluding hydrogens is 314 g/mol. The molecule has 0 spiro atoms. The van der Waals surface area contributed by atoms with Crippen molar-refractivity contribution in [2.45, 2.75) is 44.8 Å². The van der Waals surface area contributed by atoms with Crippen LogP contribution in [0, 0.1) is 0 Å². The van der Waals surface area contributed by atoms with Crippen LogP contribution in [0.15, 0.2) is 40.8 Å². The third-order valence-electron chi connectivity index (χ3n) is 4.00. The van der Waals surface area contributed by atoms with E-state index >= 15 is 0 Å². The van der Waals surface area contributed by atoms with E-state index in [0.717, 1.165) is 12.8 Å². The summed E-state index contributed by atoms with van der Waals surface area (Å²) in [6, 6.07) is 10.9. The van der Waals surface area contributed by atoms with Gasteiger partial charge < -0.3 is 14.5 Å². The van der Waals surface area contributed by atoms with Gasteiger partial charge in [0.2, 0.25) is 0 Å². The fourth-order valence-electron chi connectivity index (χ4n) is 2.79. The van der Waals surface area contributed by atoms with Crippen LogP contribution in [0.4, 0.5) is 0 Å². The van der Waals surface area contributed by atoms with E-state index in [4.69, 9.17) is 20.8 Å². The lowest BCUT2D eigenvalue weighted by molar-refractivity contribution is 0.0895. The average molecular weight is 334 g/mol. The first kappa shape index (κ1) is 15.9. The number of carbonyl (C=O) groups is 1. The van der Waals surface area contributed by atoms with Crippen LogP contribution in [0.25, 0.3) is 0 Å². The van der Waals surface area contributed by atoms with Crippen LogP contribution in [-0.2, 0) is 6.61 Å². The SMILES string of the molecule is O=C(NC1CCCCC1)c1ccc(COc2cccc(Cl)c2)o1. The summed E-state index contributed by atoms with van der Waals surface area (Å²) < 4.78 is 11.2. The summed E-state index contributed by atoms with van der Waals surface area (Å²) in [7, 11) is 0. The summed E-state index contributed by atoms with van der Waals surface area (Å²) >= 11 is 5.91. The molecule has 1 fully saturated rings. The van der Waals surface area contributed by atoms with E-state index in [-0.39, 0.29) is 18.6 Å². The molecule has 1 amide bonds. The summed E-state index contributed by atoms with van der Waals surface area (Å²) in [4.78, 5) is 12.2. The molecule has 1 saturated carbocycles. The first-order valence-electron chi connectivity index (χ1n) is 7.98. The van der Waals surface area contributed by atoms with Crippen LogP contribution in [0.1, 0.15) is 48.4 Å². The predicted octanol–water partition coefficient (Wildman–Crippen LogP) is 4.57. The lowest BCUT2D eigenvalue weighted by Gasteiger charge is -2.22. The van der Waals surface area contributed by atoms with E-state index < -0.39 is 0 Å². The summed E-state index contributed by atoms with van der Waals surface area (Å²) in [5, 5.41) is 3.66. The largest absolute Gasteiger partial charge is 0.486 e. The summed E-state index contributed by atoms with van der Waals surface area (Å²) in [5.41, 5.74) is 0. The molecule has 4 nitrogen and oxygen atoms in total. The van der Waals surface area contributed by atoms with E-state index in [9.17, 15) is 4.79 Å². The van der Waals surface area contributed by atoms with Gasteiger partial charge in [0, 0.05) is 11.1 Å². The molecule has 23 heavy (non-hydrogen) atoms. The Morgan fingerprint density at radius 2 is 2.04 bits per heavy atom. The van der Waals surface area contributed by atoms with Gasteiger partial charge in [0.15, 0.2) is 5.76 Å². The molecule has 1 N–H and O–H groups in total. The highest BCUT2D eigenvalue weighted by Crippen LogP contribution is 2.20. The summed E-state index contributed by atoms with van der Waals surface area (Å²) in [6.45, 7) is 0.261. The Balaban J connectivity index is 1.53.